The summed E-state index contributed by atoms with van der Waals surface area (Å²) in [7, 11) is 1.75. The van der Waals surface area contributed by atoms with Gasteiger partial charge in [0, 0.05) is 38.9 Å². The van der Waals surface area contributed by atoms with Gasteiger partial charge in [-0.2, -0.15) is 0 Å². The third-order valence-electron chi connectivity index (χ3n) is 4.22. The number of hydrogen-bond acceptors (Lipinski definition) is 4. The van der Waals surface area contributed by atoms with Crippen LogP contribution in [-0.4, -0.2) is 48.0 Å². The van der Waals surface area contributed by atoms with Gasteiger partial charge >= 0.3 is 5.97 Å². The lowest BCUT2D eigenvalue weighted by Crippen LogP contribution is -2.41. The fraction of sp³-hybridized carbons (Fsp3) is 0.500. The number of benzene rings is 1. The van der Waals surface area contributed by atoms with E-state index in [1.165, 1.54) is 0 Å². The molecular weight excluding hydrogens is 324 g/mol. The molecule has 0 radical (unpaired) electrons. The van der Waals surface area contributed by atoms with Gasteiger partial charge in [-0.05, 0) is 30.5 Å². The molecule has 7 nitrogen and oxygen atoms in total. The summed E-state index contributed by atoms with van der Waals surface area (Å²) in [4.78, 5) is 35.9. The molecule has 0 saturated carbocycles. The molecule has 1 heterocycles. The van der Waals surface area contributed by atoms with Gasteiger partial charge in [-0.15, -0.1) is 0 Å². The van der Waals surface area contributed by atoms with Gasteiger partial charge in [-0.3, -0.25) is 14.4 Å². The van der Waals surface area contributed by atoms with Crippen molar-refractivity contribution in [3.63, 3.8) is 0 Å². The van der Waals surface area contributed by atoms with Crippen LogP contribution in [0.3, 0.4) is 0 Å². The summed E-state index contributed by atoms with van der Waals surface area (Å²) in [6.07, 6.45) is 1.51. The van der Waals surface area contributed by atoms with Gasteiger partial charge < -0.3 is 20.1 Å². The number of aliphatic carboxylic acids is 1. The van der Waals surface area contributed by atoms with Crippen LogP contribution in [0.1, 0.15) is 31.2 Å². The minimum atomic E-state index is -0.832. The van der Waals surface area contributed by atoms with Crippen molar-refractivity contribution in [3.8, 4) is 5.75 Å². The fourth-order valence-corrected chi connectivity index (χ4v) is 2.62. The number of hydrogen-bond donors (Lipinski definition) is 2. The van der Waals surface area contributed by atoms with Gasteiger partial charge in [0.2, 0.25) is 11.8 Å². The van der Waals surface area contributed by atoms with E-state index >= 15 is 0 Å². The molecule has 1 atom stereocenters. The summed E-state index contributed by atoms with van der Waals surface area (Å²) < 4.78 is 5.46. The lowest BCUT2D eigenvalue weighted by molar-refractivity contribution is -0.139. The van der Waals surface area contributed by atoms with Crippen LogP contribution >= 0.6 is 0 Å². The summed E-state index contributed by atoms with van der Waals surface area (Å²) in [6.45, 7) is 1.37. The van der Waals surface area contributed by atoms with Gasteiger partial charge in [-0.1, -0.05) is 12.1 Å². The molecule has 0 aromatic heterocycles. The third-order valence-corrected chi connectivity index (χ3v) is 4.22. The van der Waals surface area contributed by atoms with Crippen molar-refractivity contribution in [2.45, 2.75) is 32.2 Å². The Hall–Kier alpha value is -2.57. The fourth-order valence-electron chi connectivity index (χ4n) is 2.62. The maximum Gasteiger partial charge on any atom is 0.303 e. The molecule has 25 heavy (non-hydrogen) atoms. The summed E-state index contributed by atoms with van der Waals surface area (Å²) in [5.41, 5.74) is 0.936. The van der Waals surface area contributed by atoms with Crippen molar-refractivity contribution >= 4 is 17.8 Å². The smallest absolute Gasteiger partial charge is 0.303 e. The maximum absolute atomic E-state index is 12.2. The Morgan fingerprint density at radius 3 is 2.68 bits per heavy atom. The highest BCUT2D eigenvalue weighted by Gasteiger charge is 2.28. The number of likely N-dealkylation sites (tertiary alicyclic amines) is 1. The largest absolute Gasteiger partial charge is 0.494 e. The van der Waals surface area contributed by atoms with Crippen LogP contribution in [0.2, 0.25) is 0 Å². The summed E-state index contributed by atoms with van der Waals surface area (Å²) >= 11 is 0. The molecule has 1 unspecified atom stereocenters. The molecule has 1 aromatic carbocycles. The Bertz CT molecular complexity index is 614. The van der Waals surface area contributed by atoms with E-state index in [2.05, 4.69) is 5.32 Å². The molecule has 1 saturated heterocycles. The Labute approximate surface area is 147 Å². The van der Waals surface area contributed by atoms with Crippen LogP contribution in [-0.2, 0) is 20.9 Å². The van der Waals surface area contributed by atoms with E-state index in [9.17, 15) is 14.4 Å². The number of nitrogens with zero attached hydrogens (tertiary/aromatic N) is 1. The quantitative estimate of drug-likeness (QED) is 0.693. The molecule has 0 spiro atoms. The number of piperidine rings is 1. The van der Waals surface area contributed by atoms with E-state index in [0.717, 1.165) is 5.56 Å². The number of rotatable bonds is 8. The van der Waals surface area contributed by atoms with Gasteiger partial charge in [0.25, 0.3) is 0 Å². The first kappa shape index (κ1) is 18.8. The van der Waals surface area contributed by atoms with Crippen molar-refractivity contribution in [1.82, 2.24) is 10.2 Å². The summed E-state index contributed by atoms with van der Waals surface area (Å²) in [5, 5.41) is 11.4. The molecule has 1 aromatic rings. The molecule has 2 N–H and O–H groups in total. The molecule has 136 valence electrons. The van der Waals surface area contributed by atoms with Crippen LogP contribution in [0.25, 0.3) is 0 Å². The first-order chi connectivity index (χ1) is 12.0. The second kappa shape index (κ2) is 9.05. The number of carboxylic acid groups (broad SMARTS) is 1. The summed E-state index contributed by atoms with van der Waals surface area (Å²) in [6, 6.07) is 7.29. The topological polar surface area (TPSA) is 95.9 Å². The second-order valence-electron chi connectivity index (χ2n) is 6.21. The first-order valence-electron chi connectivity index (χ1n) is 8.41. The lowest BCUT2D eigenvalue weighted by atomic mass is 9.95. The van der Waals surface area contributed by atoms with E-state index in [0.29, 0.717) is 38.3 Å². The van der Waals surface area contributed by atoms with Gasteiger partial charge in [0.1, 0.15) is 5.75 Å². The van der Waals surface area contributed by atoms with Gasteiger partial charge in [0.15, 0.2) is 0 Å². The standard InChI is InChI=1S/C18H24N2O5/c1-20-9-8-14(11-16(20)21)18(24)19-12-13-4-6-15(7-5-13)25-10-2-3-17(22)23/h4-7,14H,2-3,8-12H2,1H3,(H,19,24)(H,22,23). The van der Waals surface area contributed by atoms with E-state index in [-0.39, 0.29) is 30.6 Å². The van der Waals surface area contributed by atoms with Gasteiger partial charge in [-0.25, -0.2) is 0 Å². The highest BCUT2D eigenvalue weighted by Crippen LogP contribution is 2.18. The number of carbonyl (C=O) groups excluding carboxylic acids is 2. The highest BCUT2D eigenvalue weighted by atomic mass is 16.5. The Morgan fingerprint density at radius 2 is 2.04 bits per heavy atom. The van der Waals surface area contributed by atoms with Crippen LogP contribution in [0.4, 0.5) is 0 Å². The average Bonchev–Trinajstić information content (AvgIpc) is 2.60. The number of ether oxygens (including phenoxy) is 1. The molecule has 0 aliphatic carbocycles. The van der Waals surface area contributed by atoms with Crippen molar-refractivity contribution in [2.75, 3.05) is 20.2 Å². The zero-order chi connectivity index (χ0) is 18.2. The monoisotopic (exact) mass is 348 g/mol. The highest BCUT2D eigenvalue weighted by molar-refractivity contribution is 5.86. The normalized spacial score (nSPS) is 17.2. The minimum Gasteiger partial charge on any atom is -0.494 e. The minimum absolute atomic E-state index is 0.01000. The molecule has 2 rings (SSSR count). The Kier molecular flexibility index (Phi) is 6.80. The lowest BCUT2D eigenvalue weighted by Gasteiger charge is -2.27. The Balaban J connectivity index is 1.73. The number of carboxylic acids is 1. The SMILES string of the molecule is CN1CCC(C(=O)NCc2ccc(OCCCC(=O)O)cc2)CC1=O. The predicted molar refractivity (Wildman–Crippen MR) is 91.0 cm³/mol. The van der Waals surface area contributed by atoms with E-state index in [1.807, 2.05) is 12.1 Å². The molecular formula is C18H24N2O5. The van der Waals surface area contributed by atoms with Crippen molar-refractivity contribution < 1.29 is 24.2 Å². The first-order valence-corrected chi connectivity index (χ1v) is 8.41. The molecule has 7 heteroatoms. The van der Waals surface area contributed by atoms with Crippen molar-refractivity contribution in [1.29, 1.82) is 0 Å². The average molecular weight is 348 g/mol. The Morgan fingerprint density at radius 1 is 1.32 bits per heavy atom. The van der Waals surface area contributed by atoms with E-state index in [4.69, 9.17) is 9.84 Å². The molecule has 1 aliphatic rings. The zero-order valence-electron chi connectivity index (χ0n) is 14.4. The van der Waals surface area contributed by atoms with Gasteiger partial charge in [0.05, 0.1) is 6.61 Å². The maximum atomic E-state index is 12.2. The molecule has 0 bridgehead atoms. The van der Waals surface area contributed by atoms with Crippen LogP contribution in [0, 0.1) is 5.92 Å². The molecule has 2 amide bonds. The number of nitrogens with one attached hydrogen (secondary N) is 1. The zero-order valence-corrected chi connectivity index (χ0v) is 14.4. The van der Waals surface area contributed by atoms with E-state index < -0.39 is 5.97 Å². The van der Waals surface area contributed by atoms with Crippen LogP contribution in [0.15, 0.2) is 24.3 Å². The second-order valence-corrected chi connectivity index (χ2v) is 6.21. The van der Waals surface area contributed by atoms with Crippen LogP contribution < -0.4 is 10.1 Å². The number of amides is 2. The molecule has 1 fully saturated rings. The van der Waals surface area contributed by atoms with Crippen molar-refractivity contribution in [2.24, 2.45) is 5.92 Å². The third kappa shape index (κ3) is 6.10. The van der Waals surface area contributed by atoms with Crippen LogP contribution in [0.5, 0.6) is 5.75 Å². The predicted octanol–water partition coefficient (Wildman–Crippen LogP) is 1.41. The number of carbonyl (C=O) groups is 3. The molecule has 1 aliphatic heterocycles. The van der Waals surface area contributed by atoms with E-state index in [1.54, 1.807) is 24.1 Å². The summed E-state index contributed by atoms with van der Waals surface area (Å²) in [5.74, 6) is -0.492. The van der Waals surface area contributed by atoms with Crippen molar-refractivity contribution in [3.05, 3.63) is 29.8 Å².